The molecule has 198 valence electrons. The topological polar surface area (TPSA) is 43.5 Å². The van der Waals surface area contributed by atoms with Crippen LogP contribution in [0.5, 0.6) is 11.5 Å². The minimum atomic E-state index is 0.158. The highest BCUT2D eigenvalue weighted by Crippen LogP contribution is 2.34. The van der Waals surface area contributed by atoms with Gasteiger partial charge >= 0.3 is 0 Å². The van der Waals surface area contributed by atoms with E-state index in [0.717, 1.165) is 76.1 Å². The minimum absolute atomic E-state index is 0.158. The first kappa shape index (κ1) is 27.0. The molecule has 4 atom stereocenters. The molecule has 0 aliphatic carbocycles. The van der Waals surface area contributed by atoms with Crippen molar-refractivity contribution in [3.8, 4) is 11.5 Å². The third-order valence-electron chi connectivity index (χ3n) is 7.72. The van der Waals surface area contributed by atoms with Crippen molar-refractivity contribution in [2.24, 2.45) is 0 Å². The molecule has 0 spiro atoms. The van der Waals surface area contributed by atoms with Gasteiger partial charge < -0.3 is 18.9 Å². The molecule has 4 heteroatoms. The van der Waals surface area contributed by atoms with Crippen molar-refractivity contribution < 1.29 is 18.9 Å². The zero-order chi connectivity index (χ0) is 25.7. The van der Waals surface area contributed by atoms with Crippen molar-refractivity contribution in [1.29, 1.82) is 0 Å². The maximum atomic E-state index is 6.54. The highest BCUT2D eigenvalue weighted by atomic mass is 16.6. The molecule has 0 saturated carbocycles. The van der Waals surface area contributed by atoms with Crippen LogP contribution in [0.1, 0.15) is 87.8 Å². The summed E-state index contributed by atoms with van der Waals surface area (Å²) in [7, 11) is 0. The summed E-state index contributed by atoms with van der Waals surface area (Å²) in [6.45, 7) is 15.0. The van der Waals surface area contributed by atoms with Gasteiger partial charge in [0.05, 0.1) is 13.2 Å². The van der Waals surface area contributed by atoms with Crippen molar-refractivity contribution in [1.82, 2.24) is 0 Å². The second kappa shape index (κ2) is 12.5. The molecule has 2 heterocycles. The van der Waals surface area contributed by atoms with E-state index in [2.05, 4.69) is 65.8 Å². The normalized spacial score (nSPS) is 20.2. The van der Waals surface area contributed by atoms with Gasteiger partial charge in [-0.15, -0.1) is 0 Å². The lowest BCUT2D eigenvalue weighted by molar-refractivity contribution is 0.152. The van der Waals surface area contributed by atoms with E-state index in [1.165, 1.54) is 33.4 Å². The van der Waals surface area contributed by atoms with Gasteiger partial charge in [-0.2, -0.15) is 0 Å². The molecule has 4 rings (SSSR count). The van der Waals surface area contributed by atoms with Gasteiger partial charge in [0.25, 0.3) is 0 Å². The van der Waals surface area contributed by atoms with Gasteiger partial charge in [0, 0.05) is 0 Å². The summed E-state index contributed by atoms with van der Waals surface area (Å²) in [5, 5.41) is 0. The Hall–Kier alpha value is -2.04. The van der Waals surface area contributed by atoms with E-state index in [4.69, 9.17) is 18.9 Å². The summed E-state index contributed by atoms with van der Waals surface area (Å²) in [6.07, 6.45) is 8.78. The summed E-state index contributed by atoms with van der Waals surface area (Å²) in [6, 6.07) is 9.48. The monoisotopic (exact) mass is 494 g/mol. The van der Waals surface area contributed by atoms with Crippen LogP contribution in [0.4, 0.5) is 0 Å². The van der Waals surface area contributed by atoms with Crippen LogP contribution in [0.25, 0.3) is 0 Å². The van der Waals surface area contributed by atoms with Crippen LogP contribution in [0.2, 0.25) is 0 Å². The van der Waals surface area contributed by atoms with Crippen LogP contribution >= 0.6 is 0 Å². The van der Waals surface area contributed by atoms with E-state index in [1.54, 1.807) is 0 Å². The third-order valence-corrected chi connectivity index (χ3v) is 7.72. The molecule has 0 N–H and O–H groups in total. The molecule has 2 aromatic carbocycles. The maximum absolute atomic E-state index is 6.54. The van der Waals surface area contributed by atoms with Gasteiger partial charge in [0.1, 0.15) is 35.9 Å². The van der Waals surface area contributed by atoms with E-state index in [-0.39, 0.29) is 24.4 Å². The fourth-order valence-corrected chi connectivity index (χ4v) is 5.27. The highest BCUT2D eigenvalue weighted by Gasteiger charge is 2.35. The molecule has 0 bridgehead atoms. The zero-order valence-corrected chi connectivity index (χ0v) is 23.3. The Balaban J connectivity index is 1.52. The average Bonchev–Trinajstić information content (AvgIpc) is 3.82. The standard InChI is InChI=1S/C32H46O4/c1-7-23-15-21(16-24(8-2)31(23)35-27(11-5)29-19-33-29)13-14-22-17-25(9-3)32(26(10-4)18-22)36-28(12-6)30-20-34-30/h15-18,27-30H,7-14,19-20H2,1-6H3. The lowest BCUT2D eigenvalue weighted by atomic mass is 9.94. The summed E-state index contributed by atoms with van der Waals surface area (Å²) in [5.41, 5.74) is 8.10. The molecule has 4 unspecified atom stereocenters. The molecule has 2 aromatic rings. The number of rotatable bonds is 15. The molecule has 0 radical (unpaired) electrons. The fourth-order valence-electron chi connectivity index (χ4n) is 5.27. The molecule has 2 saturated heterocycles. The van der Waals surface area contributed by atoms with Crippen LogP contribution in [0.3, 0.4) is 0 Å². The van der Waals surface area contributed by atoms with E-state index >= 15 is 0 Å². The van der Waals surface area contributed by atoms with Crippen LogP contribution in [0.15, 0.2) is 24.3 Å². The van der Waals surface area contributed by atoms with Crippen molar-refractivity contribution in [3.63, 3.8) is 0 Å². The lowest BCUT2D eigenvalue weighted by Gasteiger charge is -2.22. The van der Waals surface area contributed by atoms with Crippen LogP contribution in [-0.2, 0) is 48.0 Å². The smallest absolute Gasteiger partial charge is 0.127 e. The lowest BCUT2D eigenvalue weighted by Crippen LogP contribution is -2.23. The van der Waals surface area contributed by atoms with Crippen LogP contribution in [-0.4, -0.2) is 37.6 Å². The number of hydrogen-bond acceptors (Lipinski definition) is 4. The van der Waals surface area contributed by atoms with Gasteiger partial charge in [-0.1, -0.05) is 65.8 Å². The fraction of sp³-hybridized carbons (Fsp3) is 0.625. The number of epoxide rings is 2. The van der Waals surface area contributed by atoms with Gasteiger partial charge in [0.2, 0.25) is 0 Å². The quantitative estimate of drug-likeness (QED) is 0.254. The number of hydrogen-bond donors (Lipinski definition) is 0. The molecule has 2 aliphatic heterocycles. The zero-order valence-electron chi connectivity index (χ0n) is 23.3. The van der Waals surface area contributed by atoms with Crippen molar-refractivity contribution in [2.75, 3.05) is 13.2 Å². The predicted octanol–water partition coefficient (Wildman–Crippen LogP) is 6.83. The second-order valence-electron chi connectivity index (χ2n) is 10.3. The Morgan fingerprint density at radius 1 is 0.611 bits per heavy atom. The molecular weight excluding hydrogens is 448 g/mol. The summed E-state index contributed by atoms with van der Waals surface area (Å²) >= 11 is 0. The Morgan fingerprint density at radius 3 is 1.14 bits per heavy atom. The van der Waals surface area contributed by atoms with Crippen LogP contribution < -0.4 is 9.47 Å². The third kappa shape index (κ3) is 6.44. The van der Waals surface area contributed by atoms with Crippen molar-refractivity contribution >= 4 is 0 Å². The molecule has 2 fully saturated rings. The van der Waals surface area contributed by atoms with E-state index in [0.29, 0.717) is 0 Å². The number of ether oxygens (including phenoxy) is 4. The number of benzene rings is 2. The number of aryl methyl sites for hydroxylation is 6. The van der Waals surface area contributed by atoms with Crippen molar-refractivity contribution in [2.45, 2.75) is 117 Å². The molecule has 2 aliphatic rings. The van der Waals surface area contributed by atoms with Gasteiger partial charge in [-0.05, 0) is 84.7 Å². The Morgan fingerprint density at radius 2 is 0.917 bits per heavy atom. The minimum Gasteiger partial charge on any atom is -0.487 e. The maximum Gasteiger partial charge on any atom is 0.127 e. The molecule has 0 aromatic heterocycles. The summed E-state index contributed by atoms with van der Waals surface area (Å²) < 4.78 is 24.2. The highest BCUT2D eigenvalue weighted by molar-refractivity contribution is 5.47. The van der Waals surface area contributed by atoms with Crippen LogP contribution in [0, 0.1) is 0 Å². The molecule has 4 nitrogen and oxygen atoms in total. The SMILES string of the molecule is CCc1cc(CCc2cc(CC)c(OC(CC)C3CO3)c(CC)c2)cc(CC)c1OC(CC)C1CO1. The largest absolute Gasteiger partial charge is 0.487 e. The van der Waals surface area contributed by atoms with Gasteiger partial charge in [-0.25, -0.2) is 0 Å². The first-order valence-electron chi connectivity index (χ1n) is 14.4. The molecular formula is C32H46O4. The molecule has 0 amide bonds. The first-order chi connectivity index (χ1) is 17.5. The Labute approximate surface area is 218 Å². The second-order valence-corrected chi connectivity index (χ2v) is 10.3. The Kier molecular flexibility index (Phi) is 9.35. The summed E-state index contributed by atoms with van der Waals surface area (Å²) in [5.74, 6) is 2.19. The van der Waals surface area contributed by atoms with E-state index < -0.39 is 0 Å². The molecule has 36 heavy (non-hydrogen) atoms. The summed E-state index contributed by atoms with van der Waals surface area (Å²) in [4.78, 5) is 0. The van der Waals surface area contributed by atoms with Gasteiger partial charge in [-0.3, -0.25) is 0 Å². The first-order valence-corrected chi connectivity index (χ1v) is 14.4. The van der Waals surface area contributed by atoms with E-state index in [1.807, 2.05) is 0 Å². The average molecular weight is 495 g/mol. The van der Waals surface area contributed by atoms with Gasteiger partial charge in [0.15, 0.2) is 0 Å². The van der Waals surface area contributed by atoms with E-state index in [9.17, 15) is 0 Å². The van der Waals surface area contributed by atoms with Crippen molar-refractivity contribution in [3.05, 3.63) is 57.6 Å². The predicted molar refractivity (Wildman–Crippen MR) is 147 cm³/mol. The Bertz CT molecular complexity index is 874.